The number of fused-ring (bicyclic) bond motifs is 1. The molecule has 0 saturated carbocycles. The van der Waals surface area contributed by atoms with Gasteiger partial charge in [0, 0.05) is 28.3 Å². The van der Waals surface area contributed by atoms with Gasteiger partial charge >= 0.3 is 6.61 Å². The fourth-order valence-corrected chi connectivity index (χ4v) is 3.86. The Morgan fingerprint density at radius 3 is 2.44 bits per heavy atom. The van der Waals surface area contributed by atoms with Crippen molar-refractivity contribution >= 4 is 45.1 Å². The van der Waals surface area contributed by atoms with Gasteiger partial charge in [-0.2, -0.15) is 13.3 Å². The van der Waals surface area contributed by atoms with Crippen LogP contribution in [0.3, 0.4) is 0 Å². The molecule has 0 aliphatic carbocycles. The highest BCUT2D eigenvalue weighted by Crippen LogP contribution is 2.26. The first-order chi connectivity index (χ1) is 16.5. The molecule has 4 rings (SSSR count). The summed E-state index contributed by atoms with van der Waals surface area (Å²) in [5.41, 5.74) is 1.97. The quantitative estimate of drug-likeness (QED) is 0.141. The zero-order valence-electron chi connectivity index (χ0n) is 17.9. The minimum Gasteiger partial charge on any atom is -0.502 e. The number of thiocarbonyl (C=S) groups is 1. The Balaban J connectivity index is 1.78. The second-order valence-electron chi connectivity index (χ2n) is 7.36. The van der Waals surface area contributed by atoms with E-state index in [4.69, 9.17) is 12.2 Å². The lowest BCUT2D eigenvalue weighted by Gasteiger charge is -2.13. The Morgan fingerprint density at radius 1 is 0.971 bits per heavy atom. The highest BCUT2D eigenvalue weighted by atomic mass is 32.1. The van der Waals surface area contributed by atoms with Gasteiger partial charge in [-0.15, -0.1) is 0 Å². The fourth-order valence-electron chi connectivity index (χ4n) is 3.55. The third-order valence-corrected chi connectivity index (χ3v) is 5.43. The van der Waals surface area contributed by atoms with Gasteiger partial charge in [0.05, 0.1) is 6.61 Å². The Morgan fingerprint density at radius 2 is 1.71 bits per heavy atom. The van der Waals surface area contributed by atoms with E-state index >= 15 is 0 Å². The number of aliphatic hydroxyl groups is 2. The average molecular weight is 480 g/mol. The molecule has 3 aromatic carbocycles. The molecular weight excluding hydrogens is 458 g/mol. The average Bonchev–Trinajstić information content (AvgIpc) is 2.84. The summed E-state index contributed by atoms with van der Waals surface area (Å²) < 4.78 is 31.0. The number of aliphatic hydroxyl groups excluding tert-OH is 2. The summed E-state index contributed by atoms with van der Waals surface area (Å²) in [4.78, 5) is 0.224. The van der Waals surface area contributed by atoms with Gasteiger partial charge in [-0.3, -0.25) is 0 Å². The van der Waals surface area contributed by atoms with Crippen LogP contribution < -0.4 is 14.6 Å². The predicted octanol–water partition coefficient (Wildman–Crippen LogP) is 5.54. The molecule has 5 nitrogen and oxygen atoms in total. The van der Waals surface area contributed by atoms with Gasteiger partial charge < -0.3 is 20.3 Å². The van der Waals surface area contributed by atoms with Gasteiger partial charge in [-0.25, -0.2) is 0 Å². The molecule has 0 amide bonds. The second-order valence-corrected chi connectivity index (χ2v) is 7.77. The summed E-state index contributed by atoms with van der Waals surface area (Å²) in [7, 11) is 0. The molecule has 0 aliphatic rings. The number of rotatable bonds is 7. The number of aromatic nitrogens is 1. The van der Waals surface area contributed by atoms with Gasteiger partial charge in [0.2, 0.25) is 0 Å². The molecule has 8 heteroatoms. The molecule has 3 N–H and O–H groups in total. The summed E-state index contributed by atoms with van der Waals surface area (Å²) in [5.74, 6) is -0.207. The Kier molecular flexibility index (Phi) is 7.10. The van der Waals surface area contributed by atoms with Gasteiger partial charge in [-0.05, 0) is 41.8 Å². The summed E-state index contributed by atoms with van der Waals surface area (Å²) >= 11 is 5.70. The van der Waals surface area contributed by atoms with Crippen molar-refractivity contribution in [1.29, 1.82) is 0 Å². The summed E-state index contributed by atoms with van der Waals surface area (Å²) in [5, 5.41) is 26.0. The molecular formula is C26H21F2N2O3S+. The lowest BCUT2D eigenvalue weighted by Crippen LogP contribution is -2.39. The maximum atomic E-state index is 12.5. The van der Waals surface area contributed by atoms with E-state index in [1.54, 1.807) is 29.1 Å². The lowest BCUT2D eigenvalue weighted by molar-refractivity contribution is -0.576. The number of nitrogens with one attached hydrogen (secondary N) is 1. The van der Waals surface area contributed by atoms with Crippen LogP contribution >= 0.6 is 12.2 Å². The van der Waals surface area contributed by atoms with Crippen molar-refractivity contribution in [2.45, 2.75) is 13.2 Å². The number of hydrogen-bond acceptors (Lipinski definition) is 4. The maximum absolute atomic E-state index is 12.5. The van der Waals surface area contributed by atoms with E-state index in [0.717, 1.165) is 16.5 Å². The van der Waals surface area contributed by atoms with E-state index in [0.29, 0.717) is 11.1 Å². The minimum absolute atomic E-state index is 0.0283. The third kappa shape index (κ3) is 5.19. The van der Waals surface area contributed by atoms with Crippen molar-refractivity contribution in [3.8, 4) is 5.75 Å². The number of benzene rings is 3. The Labute approximate surface area is 200 Å². The van der Waals surface area contributed by atoms with Crippen LogP contribution in [0, 0.1) is 0 Å². The highest BCUT2D eigenvalue weighted by molar-refractivity contribution is 7.81. The van der Waals surface area contributed by atoms with Crippen molar-refractivity contribution in [3.63, 3.8) is 0 Å². The smallest absolute Gasteiger partial charge is 0.387 e. The molecule has 4 aromatic rings. The zero-order valence-corrected chi connectivity index (χ0v) is 18.7. The molecule has 0 spiro atoms. The predicted molar refractivity (Wildman–Crippen MR) is 132 cm³/mol. The van der Waals surface area contributed by atoms with E-state index in [-0.39, 0.29) is 28.8 Å². The van der Waals surface area contributed by atoms with E-state index in [2.05, 4.69) is 10.1 Å². The molecule has 1 aromatic heterocycles. The number of ether oxygens (including phenoxy) is 1. The number of anilines is 1. The largest absolute Gasteiger partial charge is 0.502 e. The van der Waals surface area contributed by atoms with E-state index in [1.165, 1.54) is 24.3 Å². The molecule has 0 unspecified atom stereocenters. The van der Waals surface area contributed by atoms with Crippen LogP contribution in [0.25, 0.3) is 22.2 Å². The van der Waals surface area contributed by atoms with Crippen molar-refractivity contribution in [3.05, 3.63) is 102 Å². The van der Waals surface area contributed by atoms with Gasteiger partial charge in [0.25, 0.3) is 5.70 Å². The molecule has 0 aliphatic heterocycles. The van der Waals surface area contributed by atoms with Crippen molar-refractivity contribution < 1.29 is 28.3 Å². The Hall–Kier alpha value is -3.88. The number of pyridine rings is 1. The van der Waals surface area contributed by atoms with Crippen LogP contribution in [0.5, 0.6) is 5.75 Å². The summed E-state index contributed by atoms with van der Waals surface area (Å²) in [6.07, 6.45) is 3.34. The summed E-state index contributed by atoms with van der Waals surface area (Å²) in [6.45, 7) is -3.14. The first kappa shape index (κ1) is 23.3. The molecule has 1 heterocycles. The van der Waals surface area contributed by atoms with E-state index in [1.807, 2.05) is 42.5 Å². The highest BCUT2D eigenvalue weighted by Gasteiger charge is 2.25. The maximum Gasteiger partial charge on any atom is 0.387 e. The van der Waals surface area contributed by atoms with Crippen LogP contribution in [0.4, 0.5) is 14.5 Å². The van der Waals surface area contributed by atoms with Crippen LogP contribution in [-0.2, 0) is 6.61 Å². The van der Waals surface area contributed by atoms with Crippen LogP contribution in [0.2, 0.25) is 0 Å². The zero-order chi connectivity index (χ0) is 24.1. The number of halogens is 2. The van der Waals surface area contributed by atoms with Crippen molar-refractivity contribution in [2.24, 2.45) is 0 Å². The molecule has 0 saturated heterocycles. The van der Waals surface area contributed by atoms with Crippen LogP contribution in [0.1, 0.15) is 11.1 Å². The fraction of sp³-hybridized carbons (Fsp3) is 0.0769. The minimum atomic E-state index is -2.94. The molecule has 172 valence electrons. The molecule has 0 fully saturated rings. The van der Waals surface area contributed by atoms with Crippen molar-refractivity contribution in [1.82, 2.24) is 0 Å². The third-order valence-electron chi connectivity index (χ3n) is 5.13. The summed E-state index contributed by atoms with van der Waals surface area (Å²) in [6, 6.07) is 22.6. The molecule has 0 atom stereocenters. The van der Waals surface area contributed by atoms with Gasteiger partial charge in [0.1, 0.15) is 5.75 Å². The van der Waals surface area contributed by atoms with Crippen LogP contribution in [0.15, 0.2) is 91.3 Å². The lowest BCUT2D eigenvalue weighted by atomic mass is 10.1. The topological polar surface area (TPSA) is 65.6 Å². The first-order valence-corrected chi connectivity index (χ1v) is 10.8. The number of alkyl halides is 2. The van der Waals surface area contributed by atoms with Gasteiger partial charge in [-0.1, -0.05) is 48.6 Å². The van der Waals surface area contributed by atoms with Crippen molar-refractivity contribution in [2.75, 3.05) is 5.32 Å². The van der Waals surface area contributed by atoms with E-state index in [9.17, 15) is 19.0 Å². The molecule has 34 heavy (non-hydrogen) atoms. The SMILES string of the molecule is OCc1ccc[n+](/C(C(=S)Nc2cccc3ccccc23)=C(/O)c2ccc(OC(F)F)cc2)c1. The molecule has 0 bridgehead atoms. The monoisotopic (exact) mass is 479 g/mol. The van der Waals surface area contributed by atoms with Gasteiger partial charge in [0.15, 0.2) is 23.1 Å². The number of hydrogen-bond donors (Lipinski definition) is 3. The standard InChI is InChI=1S/C26H20F2N2O3S/c27-26(28)33-20-12-10-19(11-13-20)24(32)23(30-14-4-5-17(15-30)16-31)25(34)29-22-9-3-7-18-6-1-2-8-21(18)22/h1-15,26,31H,16H2,(H-,29,32,34)/p+1. The number of nitrogens with zero attached hydrogens (tertiary/aromatic N) is 1. The second kappa shape index (κ2) is 10.4. The van der Waals surface area contributed by atoms with E-state index < -0.39 is 6.61 Å². The van der Waals surface area contributed by atoms with Crippen LogP contribution in [-0.4, -0.2) is 21.8 Å². The Bertz CT molecular complexity index is 1350. The first-order valence-electron chi connectivity index (χ1n) is 10.4. The normalized spacial score (nSPS) is 11.9. The molecule has 0 radical (unpaired) electrons.